The molecule has 2 heterocycles. The van der Waals surface area contributed by atoms with Crippen LogP contribution in [0.5, 0.6) is 0 Å². The number of nitrogens with zero attached hydrogens (tertiary/aromatic N) is 3. The van der Waals surface area contributed by atoms with Crippen LogP contribution in [-0.2, 0) is 16.6 Å². The van der Waals surface area contributed by atoms with Gasteiger partial charge in [-0.1, -0.05) is 25.4 Å². The molecule has 2 N–H and O–H groups in total. The van der Waals surface area contributed by atoms with Crippen molar-refractivity contribution in [2.75, 3.05) is 0 Å². The number of sulfonamides is 1. The Morgan fingerprint density at radius 1 is 1.42 bits per heavy atom. The second kappa shape index (κ2) is 5.20. The number of hydrogen-bond acceptors (Lipinski definition) is 5. The largest absolute Gasteiger partial charge is 0.296 e. The lowest BCUT2D eigenvalue weighted by atomic mass is 10.2. The summed E-state index contributed by atoms with van der Waals surface area (Å²) >= 11 is 7.20. The molecule has 0 fully saturated rings. The number of nitrogens with two attached hydrogens (primary N) is 1. The summed E-state index contributed by atoms with van der Waals surface area (Å²) < 4.78 is 25.2. The van der Waals surface area contributed by atoms with Crippen LogP contribution in [0.4, 0.5) is 0 Å². The van der Waals surface area contributed by atoms with Gasteiger partial charge in [0.15, 0.2) is 5.82 Å². The topological polar surface area (TPSA) is 90.9 Å². The molecule has 19 heavy (non-hydrogen) atoms. The van der Waals surface area contributed by atoms with Gasteiger partial charge in [0, 0.05) is 6.54 Å². The molecule has 0 aromatic carbocycles. The number of primary sulfonamides is 1. The van der Waals surface area contributed by atoms with Crippen molar-refractivity contribution in [3.8, 4) is 10.7 Å². The Morgan fingerprint density at radius 2 is 2.11 bits per heavy atom. The fraction of sp³-hybridized carbons (Fsp3) is 0.400. The van der Waals surface area contributed by atoms with E-state index in [1.807, 2.05) is 13.8 Å². The zero-order valence-electron chi connectivity index (χ0n) is 10.4. The van der Waals surface area contributed by atoms with E-state index in [4.69, 9.17) is 16.7 Å². The Morgan fingerprint density at radius 3 is 2.58 bits per heavy atom. The maximum Gasteiger partial charge on any atom is 0.273 e. The fourth-order valence-corrected chi connectivity index (χ4v) is 3.31. The van der Waals surface area contributed by atoms with E-state index in [9.17, 15) is 8.42 Å². The first-order valence-corrected chi connectivity index (χ1v) is 8.25. The minimum atomic E-state index is -3.90. The van der Waals surface area contributed by atoms with Crippen LogP contribution < -0.4 is 5.14 Å². The quantitative estimate of drug-likeness (QED) is 0.932. The molecule has 2 rings (SSSR count). The molecule has 2 aromatic rings. The van der Waals surface area contributed by atoms with Gasteiger partial charge in [-0.2, -0.15) is 0 Å². The molecule has 0 aliphatic heterocycles. The van der Waals surface area contributed by atoms with Crippen molar-refractivity contribution in [2.45, 2.75) is 25.5 Å². The Kier molecular flexibility index (Phi) is 3.95. The van der Waals surface area contributed by atoms with Crippen LogP contribution in [0.2, 0.25) is 4.34 Å². The first-order chi connectivity index (χ1) is 8.79. The average molecular weight is 321 g/mol. The number of hydrogen-bond donors (Lipinski definition) is 1. The molecule has 0 amide bonds. The molecule has 6 nitrogen and oxygen atoms in total. The number of thiophene rings is 1. The number of aromatic nitrogens is 3. The first-order valence-electron chi connectivity index (χ1n) is 5.50. The number of halogens is 1. The minimum Gasteiger partial charge on any atom is -0.296 e. The summed E-state index contributed by atoms with van der Waals surface area (Å²) in [6.07, 6.45) is 0. The summed E-state index contributed by atoms with van der Waals surface area (Å²) in [6.45, 7) is 4.40. The molecule has 0 bridgehead atoms. The van der Waals surface area contributed by atoms with Crippen LogP contribution in [0.15, 0.2) is 17.3 Å². The monoisotopic (exact) mass is 320 g/mol. The van der Waals surface area contributed by atoms with Gasteiger partial charge < -0.3 is 0 Å². The van der Waals surface area contributed by atoms with E-state index in [0.29, 0.717) is 16.7 Å². The highest BCUT2D eigenvalue weighted by molar-refractivity contribution is 7.89. The normalized spacial score (nSPS) is 12.3. The summed E-state index contributed by atoms with van der Waals surface area (Å²) in [4.78, 5) is 0.757. The third-order valence-electron chi connectivity index (χ3n) is 2.31. The van der Waals surface area contributed by atoms with Crippen molar-refractivity contribution in [3.05, 3.63) is 16.5 Å². The fourth-order valence-electron chi connectivity index (χ4n) is 1.65. The standard InChI is InChI=1S/C10H13ClN4O2S2/c1-6(2)5-15-9(7-3-4-8(11)18-7)13-14-10(15)19(12,16)17/h3-4,6H,5H2,1-2H3,(H2,12,16,17). The van der Waals surface area contributed by atoms with Crippen molar-refractivity contribution in [2.24, 2.45) is 11.1 Å². The van der Waals surface area contributed by atoms with Gasteiger partial charge in [0.05, 0.1) is 9.21 Å². The zero-order valence-corrected chi connectivity index (χ0v) is 12.8. The van der Waals surface area contributed by atoms with Gasteiger partial charge in [-0.25, -0.2) is 13.6 Å². The zero-order chi connectivity index (χ0) is 14.2. The highest BCUT2D eigenvalue weighted by atomic mass is 35.5. The molecule has 0 radical (unpaired) electrons. The molecule has 2 aromatic heterocycles. The van der Waals surface area contributed by atoms with Gasteiger partial charge in [-0.15, -0.1) is 21.5 Å². The highest BCUT2D eigenvalue weighted by Crippen LogP contribution is 2.31. The van der Waals surface area contributed by atoms with Crippen molar-refractivity contribution >= 4 is 33.0 Å². The summed E-state index contributed by atoms with van der Waals surface area (Å²) in [6, 6.07) is 3.51. The maximum atomic E-state index is 11.5. The summed E-state index contributed by atoms with van der Waals surface area (Å²) in [5.74, 6) is 0.695. The molecular weight excluding hydrogens is 308 g/mol. The van der Waals surface area contributed by atoms with Crippen LogP contribution in [0.1, 0.15) is 13.8 Å². The van der Waals surface area contributed by atoms with Gasteiger partial charge in [-0.3, -0.25) is 4.57 Å². The van der Waals surface area contributed by atoms with E-state index in [0.717, 1.165) is 4.88 Å². The van der Waals surface area contributed by atoms with Crippen LogP contribution >= 0.6 is 22.9 Å². The minimum absolute atomic E-state index is 0.222. The Balaban J connectivity index is 2.59. The van der Waals surface area contributed by atoms with Crippen molar-refractivity contribution < 1.29 is 8.42 Å². The molecule has 104 valence electrons. The number of rotatable bonds is 4. The lowest BCUT2D eigenvalue weighted by molar-refractivity contribution is 0.486. The van der Waals surface area contributed by atoms with Gasteiger partial charge in [0.25, 0.3) is 15.2 Å². The van der Waals surface area contributed by atoms with Crippen LogP contribution in [0.25, 0.3) is 10.7 Å². The Labute approximate surface area is 120 Å². The van der Waals surface area contributed by atoms with E-state index in [2.05, 4.69) is 10.2 Å². The van der Waals surface area contributed by atoms with Crippen LogP contribution in [0, 0.1) is 5.92 Å². The molecule has 0 saturated carbocycles. The van der Waals surface area contributed by atoms with Crippen molar-refractivity contribution in [3.63, 3.8) is 0 Å². The lowest BCUT2D eigenvalue weighted by Crippen LogP contribution is -2.20. The van der Waals surface area contributed by atoms with Crippen molar-refractivity contribution in [1.29, 1.82) is 0 Å². The van der Waals surface area contributed by atoms with Gasteiger partial charge in [0.1, 0.15) is 0 Å². The Bertz CT molecular complexity index is 690. The predicted octanol–water partition coefficient (Wildman–Crippen LogP) is 1.96. The molecule has 0 atom stereocenters. The van der Waals surface area contributed by atoms with Gasteiger partial charge >= 0.3 is 0 Å². The van der Waals surface area contributed by atoms with E-state index < -0.39 is 10.0 Å². The highest BCUT2D eigenvalue weighted by Gasteiger charge is 2.23. The molecule has 0 aliphatic rings. The molecule has 9 heteroatoms. The third-order valence-corrected chi connectivity index (χ3v) is 4.35. The van der Waals surface area contributed by atoms with Gasteiger partial charge in [0.2, 0.25) is 0 Å². The smallest absolute Gasteiger partial charge is 0.273 e. The van der Waals surface area contributed by atoms with Crippen LogP contribution in [-0.4, -0.2) is 23.2 Å². The SMILES string of the molecule is CC(C)Cn1c(-c2ccc(Cl)s2)nnc1S(N)(=O)=O. The Hall–Kier alpha value is -0.960. The molecule has 0 spiro atoms. The summed E-state index contributed by atoms with van der Waals surface area (Å²) in [5.41, 5.74) is 0. The maximum absolute atomic E-state index is 11.5. The second-order valence-corrected chi connectivity index (χ2v) is 7.63. The average Bonchev–Trinajstić information content (AvgIpc) is 2.82. The molecule has 0 unspecified atom stereocenters. The third kappa shape index (κ3) is 3.14. The molecule has 0 saturated heterocycles. The van der Waals surface area contributed by atoms with Gasteiger partial charge in [-0.05, 0) is 18.1 Å². The van der Waals surface area contributed by atoms with E-state index in [1.54, 1.807) is 12.1 Å². The summed E-state index contributed by atoms with van der Waals surface area (Å²) in [5, 5.41) is 12.5. The molecular formula is C10H13ClN4O2S2. The van der Waals surface area contributed by atoms with Crippen molar-refractivity contribution in [1.82, 2.24) is 14.8 Å². The predicted molar refractivity (Wildman–Crippen MR) is 74.6 cm³/mol. The van der Waals surface area contributed by atoms with Crippen LogP contribution in [0.3, 0.4) is 0 Å². The first kappa shape index (κ1) is 14.4. The molecule has 0 aliphatic carbocycles. The summed E-state index contributed by atoms with van der Waals surface area (Å²) in [7, 11) is -3.90. The van der Waals surface area contributed by atoms with E-state index >= 15 is 0 Å². The van der Waals surface area contributed by atoms with E-state index in [-0.39, 0.29) is 11.1 Å². The van der Waals surface area contributed by atoms with E-state index in [1.165, 1.54) is 15.9 Å². The second-order valence-electron chi connectivity index (χ2n) is 4.46. The lowest BCUT2D eigenvalue weighted by Gasteiger charge is -2.10.